The Morgan fingerprint density at radius 1 is 1.41 bits per heavy atom. The number of hydrogen-bond donors (Lipinski definition) is 1. The predicted molar refractivity (Wildman–Crippen MR) is 68.0 cm³/mol. The summed E-state index contributed by atoms with van der Waals surface area (Å²) in [6, 6.07) is 0.711. The van der Waals surface area contributed by atoms with E-state index in [9.17, 15) is 4.79 Å². The van der Waals surface area contributed by atoms with E-state index in [0.717, 1.165) is 6.42 Å². The van der Waals surface area contributed by atoms with E-state index in [1.54, 1.807) is 0 Å². The molecule has 1 aliphatic carbocycles. The molecule has 0 aromatic carbocycles. The lowest BCUT2D eigenvalue weighted by Gasteiger charge is -2.38. The quantitative estimate of drug-likeness (QED) is 0.802. The summed E-state index contributed by atoms with van der Waals surface area (Å²) in [5, 5.41) is 8.69. The Morgan fingerprint density at radius 3 is 2.47 bits per heavy atom. The Bertz CT molecular complexity index is 278. The molecule has 17 heavy (non-hydrogen) atoms. The van der Waals surface area contributed by atoms with Gasteiger partial charge in [0, 0.05) is 12.5 Å². The number of carboxylic acids is 1. The van der Waals surface area contributed by atoms with Crippen molar-refractivity contribution in [3.05, 3.63) is 0 Å². The van der Waals surface area contributed by atoms with E-state index in [4.69, 9.17) is 5.11 Å². The maximum atomic E-state index is 10.5. The average molecular weight is 239 g/mol. The van der Waals surface area contributed by atoms with Crippen LogP contribution in [0.15, 0.2) is 0 Å². The van der Waals surface area contributed by atoms with Gasteiger partial charge in [0.25, 0.3) is 0 Å². The molecular formula is C14H25NO2. The second-order valence-corrected chi connectivity index (χ2v) is 6.24. The van der Waals surface area contributed by atoms with Crippen LogP contribution in [0.4, 0.5) is 0 Å². The van der Waals surface area contributed by atoms with Gasteiger partial charge < -0.3 is 10.0 Å². The van der Waals surface area contributed by atoms with Crippen LogP contribution in [0.3, 0.4) is 0 Å². The van der Waals surface area contributed by atoms with Gasteiger partial charge in [-0.2, -0.15) is 0 Å². The molecule has 1 heterocycles. The number of rotatable bonds is 5. The van der Waals surface area contributed by atoms with Crippen LogP contribution in [0.25, 0.3) is 0 Å². The van der Waals surface area contributed by atoms with Crippen molar-refractivity contribution in [2.24, 2.45) is 11.3 Å². The van der Waals surface area contributed by atoms with E-state index >= 15 is 0 Å². The molecule has 1 N–H and O–H groups in total. The fourth-order valence-corrected chi connectivity index (χ4v) is 3.01. The maximum Gasteiger partial charge on any atom is 0.303 e. The molecule has 3 heteroatoms. The normalized spacial score (nSPS) is 26.7. The van der Waals surface area contributed by atoms with Crippen molar-refractivity contribution in [2.75, 3.05) is 13.1 Å². The first-order chi connectivity index (χ1) is 8.01. The minimum Gasteiger partial charge on any atom is -0.481 e. The standard InChI is InChI=1S/C14H25NO2/c1-11(14(2)7-8-14)15-9-5-12(6-10-15)3-4-13(16)17/h11-12H,3-10H2,1-2H3,(H,16,17). The fourth-order valence-electron chi connectivity index (χ4n) is 3.01. The summed E-state index contributed by atoms with van der Waals surface area (Å²) in [4.78, 5) is 13.2. The zero-order valence-electron chi connectivity index (χ0n) is 11.1. The number of carboxylic acid groups (broad SMARTS) is 1. The minimum atomic E-state index is -0.647. The lowest BCUT2D eigenvalue weighted by molar-refractivity contribution is -0.137. The van der Waals surface area contributed by atoms with Crippen LogP contribution in [-0.2, 0) is 4.79 Å². The zero-order chi connectivity index (χ0) is 12.5. The molecule has 0 radical (unpaired) electrons. The number of carbonyl (C=O) groups is 1. The molecule has 1 saturated carbocycles. The monoisotopic (exact) mass is 239 g/mol. The van der Waals surface area contributed by atoms with Crippen LogP contribution in [0, 0.1) is 11.3 Å². The molecule has 2 fully saturated rings. The number of nitrogens with zero attached hydrogens (tertiary/aromatic N) is 1. The largest absolute Gasteiger partial charge is 0.481 e. The molecule has 0 amide bonds. The Kier molecular flexibility index (Phi) is 3.76. The van der Waals surface area contributed by atoms with Crippen molar-refractivity contribution in [2.45, 2.75) is 58.4 Å². The number of piperidine rings is 1. The number of likely N-dealkylation sites (tertiary alicyclic amines) is 1. The molecule has 3 nitrogen and oxygen atoms in total. The van der Waals surface area contributed by atoms with Gasteiger partial charge in [0.2, 0.25) is 0 Å². The highest BCUT2D eigenvalue weighted by Gasteiger charge is 2.45. The summed E-state index contributed by atoms with van der Waals surface area (Å²) in [7, 11) is 0. The van der Waals surface area contributed by atoms with Crippen molar-refractivity contribution in [1.29, 1.82) is 0 Å². The van der Waals surface area contributed by atoms with Crippen LogP contribution in [0.5, 0.6) is 0 Å². The fraction of sp³-hybridized carbons (Fsp3) is 0.929. The minimum absolute atomic E-state index is 0.345. The first-order valence-corrected chi connectivity index (χ1v) is 6.97. The van der Waals surface area contributed by atoms with Crippen LogP contribution >= 0.6 is 0 Å². The van der Waals surface area contributed by atoms with Crippen LogP contribution in [-0.4, -0.2) is 35.1 Å². The van der Waals surface area contributed by atoms with Crippen molar-refractivity contribution in [1.82, 2.24) is 4.90 Å². The lowest BCUT2D eigenvalue weighted by Crippen LogP contribution is -2.43. The third-order valence-electron chi connectivity index (χ3n) is 5.01. The van der Waals surface area contributed by atoms with E-state index in [-0.39, 0.29) is 0 Å². The average Bonchev–Trinajstić information content (AvgIpc) is 3.06. The lowest BCUT2D eigenvalue weighted by atomic mass is 9.89. The van der Waals surface area contributed by atoms with E-state index < -0.39 is 5.97 Å². The van der Waals surface area contributed by atoms with Crippen LogP contribution < -0.4 is 0 Å². The van der Waals surface area contributed by atoms with Crippen molar-refractivity contribution in [3.8, 4) is 0 Å². The van der Waals surface area contributed by atoms with E-state index in [0.29, 0.717) is 23.8 Å². The first kappa shape index (κ1) is 12.9. The molecule has 98 valence electrons. The van der Waals surface area contributed by atoms with Gasteiger partial charge in [0.1, 0.15) is 0 Å². The summed E-state index contributed by atoms with van der Waals surface area (Å²) in [5.74, 6) is -0.00662. The van der Waals surface area contributed by atoms with E-state index in [2.05, 4.69) is 18.7 Å². The Labute approximate surface area is 104 Å². The highest BCUT2D eigenvalue weighted by molar-refractivity contribution is 5.66. The summed E-state index contributed by atoms with van der Waals surface area (Å²) in [6.07, 6.45) is 6.36. The third-order valence-corrected chi connectivity index (χ3v) is 5.01. The van der Waals surface area contributed by atoms with Crippen molar-refractivity contribution >= 4 is 5.97 Å². The molecule has 2 aliphatic rings. The van der Waals surface area contributed by atoms with Gasteiger partial charge in [-0.05, 0) is 63.5 Å². The Balaban J connectivity index is 1.72. The molecule has 1 unspecified atom stereocenters. The maximum absolute atomic E-state index is 10.5. The Hall–Kier alpha value is -0.570. The van der Waals surface area contributed by atoms with Crippen LogP contribution in [0.2, 0.25) is 0 Å². The first-order valence-electron chi connectivity index (χ1n) is 6.97. The predicted octanol–water partition coefficient (Wildman–Crippen LogP) is 2.75. The second kappa shape index (κ2) is 4.97. The topological polar surface area (TPSA) is 40.5 Å². The van der Waals surface area contributed by atoms with E-state index in [1.807, 2.05) is 0 Å². The molecule has 2 rings (SSSR count). The van der Waals surface area contributed by atoms with Gasteiger partial charge in [-0.25, -0.2) is 0 Å². The summed E-state index contributed by atoms with van der Waals surface area (Å²) >= 11 is 0. The number of hydrogen-bond acceptors (Lipinski definition) is 2. The second-order valence-electron chi connectivity index (χ2n) is 6.24. The molecule has 0 spiro atoms. The molecule has 1 atom stereocenters. The van der Waals surface area contributed by atoms with Crippen molar-refractivity contribution in [3.63, 3.8) is 0 Å². The highest BCUT2D eigenvalue weighted by Crippen LogP contribution is 2.50. The Morgan fingerprint density at radius 2 is 2.00 bits per heavy atom. The molecule has 1 saturated heterocycles. The van der Waals surface area contributed by atoms with Gasteiger partial charge in [0.05, 0.1) is 0 Å². The van der Waals surface area contributed by atoms with Crippen LogP contribution in [0.1, 0.15) is 52.4 Å². The van der Waals surface area contributed by atoms with Gasteiger partial charge in [-0.1, -0.05) is 6.92 Å². The smallest absolute Gasteiger partial charge is 0.303 e. The summed E-state index contributed by atoms with van der Waals surface area (Å²) in [5.41, 5.74) is 0.577. The van der Waals surface area contributed by atoms with Gasteiger partial charge in [-0.3, -0.25) is 4.79 Å². The van der Waals surface area contributed by atoms with E-state index in [1.165, 1.54) is 38.8 Å². The molecule has 0 bridgehead atoms. The molecule has 0 aromatic rings. The number of aliphatic carboxylic acids is 1. The summed E-state index contributed by atoms with van der Waals surface area (Å²) in [6.45, 7) is 7.10. The summed E-state index contributed by atoms with van der Waals surface area (Å²) < 4.78 is 0. The van der Waals surface area contributed by atoms with Gasteiger partial charge >= 0.3 is 5.97 Å². The third kappa shape index (κ3) is 3.21. The van der Waals surface area contributed by atoms with Gasteiger partial charge in [-0.15, -0.1) is 0 Å². The molecule has 0 aromatic heterocycles. The molecule has 1 aliphatic heterocycles. The van der Waals surface area contributed by atoms with Crippen molar-refractivity contribution < 1.29 is 9.90 Å². The van der Waals surface area contributed by atoms with Gasteiger partial charge in [0.15, 0.2) is 0 Å². The SMILES string of the molecule is CC(N1CCC(CCC(=O)O)CC1)C1(C)CC1. The zero-order valence-corrected chi connectivity index (χ0v) is 11.1. The molecular weight excluding hydrogens is 214 g/mol. The highest BCUT2D eigenvalue weighted by atomic mass is 16.4.